The van der Waals surface area contributed by atoms with Crippen LogP contribution in [0.15, 0.2) is 36.4 Å². The van der Waals surface area contributed by atoms with Crippen molar-refractivity contribution in [2.24, 2.45) is 0 Å². The Kier molecular flexibility index (Phi) is 5.43. The lowest BCUT2D eigenvalue weighted by Gasteiger charge is -2.22. The number of carbonyl (C=O) groups is 1. The molecule has 0 aliphatic rings. The summed E-state index contributed by atoms with van der Waals surface area (Å²) in [6.07, 6.45) is 4.01. The molecule has 3 heteroatoms. The summed E-state index contributed by atoms with van der Waals surface area (Å²) in [4.78, 5) is 12.6. The molecule has 1 aromatic rings. The van der Waals surface area contributed by atoms with E-state index in [2.05, 4.69) is 0 Å². The first kappa shape index (κ1) is 13.5. The van der Waals surface area contributed by atoms with E-state index in [1.807, 2.05) is 61.2 Å². The minimum atomic E-state index is -0.785. The molecule has 0 radical (unpaired) electrons. The van der Waals surface area contributed by atoms with Crippen LogP contribution in [0.2, 0.25) is 0 Å². The fourth-order valence-corrected chi connectivity index (χ4v) is 1.52. The van der Waals surface area contributed by atoms with Crippen LogP contribution in [0.5, 0.6) is 0 Å². The molecule has 0 fully saturated rings. The van der Waals surface area contributed by atoms with Crippen molar-refractivity contribution in [3.05, 3.63) is 42.0 Å². The molecule has 17 heavy (non-hydrogen) atoms. The molecule has 1 aromatic carbocycles. The fourth-order valence-electron chi connectivity index (χ4n) is 1.52. The minimum absolute atomic E-state index is 0.0802. The third kappa shape index (κ3) is 5.31. The third-order valence-corrected chi connectivity index (χ3v) is 2.52. The summed E-state index contributed by atoms with van der Waals surface area (Å²) in [6, 6.07) is 10.2. The maximum absolute atomic E-state index is 10.7. The Labute approximate surface area is 102 Å². The van der Waals surface area contributed by atoms with E-state index in [4.69, 9.17) is 5.11 Å². The van der Waals surface area contributed by atoms with Crippen LogP contribution in [0.1, 0.15) is 19.4 Å². The van der Waals surface area contributed by atoms with E-state index in [1.165, 1.54) is 0 Å². The number of aliphatic carboxylic acids is 1. The number of carboxylic acids is 1. The monoisotopic (exact) mass is 233 g/mol. The average molecular weight is 233 g/mol. The zero-order valence-corrected chi connectivity index (χ0v) is 10.3. The lowest BCUT2D eigenvalue weighted by Crippen LogP contribution is -2.35. The summed E-state index contributed by atoms with van der Waals surface area (Å²) in [6.45, 7) is 4.73. The highest BCUT2D eigenvalue weighted by Crippen LogP contribution is 2.03. The van der Waals surface area contributed by atoms with Gasteiger partial charge in [0.1, 0.15) is 0 Å². The van der Waals surface area contributed by atoms with E-state index in [-0.39, 0.29) is 12.6 Å². The largest absolute Gasteiger partial charge is 0.480 e. The topological polar surface area (TPSA) is 40.5 Å². The molecular weight excluding hydrogens is 214 g/mol. The van der Waals surface area contributed by atoms with E-state index in [0.29, 0.717) is 6.54 Å². The highest BCUT2D eigenvalue weighted by Gasteiger charge is 2.10. The Bertz CT molecular complexity index is 371. The first-order valence-corrected chi connectivity index (χ1v) is 5.77. The Hall–Kier alpha value is -1.61. The Morgan fingerprint density at radius 1 is 1.35 bits per heavy atom. The lowest BCUT2D eigenvalue weighted by atomic mass is 10.2. The van der Waals surface area contributed by atoms with Crippen LogP contribution in [0.3, 0.4) is 0 Å². The molecule has 0 spiro atoms. The summed E-state index contributed by atoms with van der Waals surface area (Å²) in [5.74, 6) is -0.785. The summed E-state index contributed by atoms with van der Waals surface area (Å²) >= 11 is 0. The normalized spacial score (nSPS) is 11.5. The number of nitrogens with zero attached hydrogens (tertiary/aromatic N) is 1. The van der Waals surface area contributed by atoms with Crippen molar-refractivity contribution < 1.29 is 9.90 Å². The van der Waals surface area contributed by atoms with Crippen molar-refractivity contribution in [3.63, 3.8) is 0 Å². The van der Waals surface area contributed by atoms with E-state index < -0.39 is 5.97 Å². The van der Waals surface area contributed by atoms with Gasteiger partial charge >= 0.3 is 5.97 Å². The first-order valence-electron chi connectivity index (χ1n) is 5.77. The summed E-state index contributed by atoms with van der Waals surface area (Å²) in [5.41, 5.74) is 1.13. The van der Waals surface area contributed by atoms with Gasteiger partial charge < -0.3 is 5.11 Å². The van der Waals surface area contributed by atoms with Gasteiger partial charge in [-0.1, -0.05) is 42.5 Å². The average Bonchev–Trinajstić information content (AvgIpc) is 2.28. The predicted octanol–water partition coefficient (Wildman–Crippen LogP) is 2.49. The van der Waals surface area contributed by atoms with Crippen LogP contribution in [-0.2, 0) is 4.79 Å². The van der Waals surface area contributed by atoms with Crippen molar-refractivity contribution in [2.45, 2.75) is 19.9 Å². The fraction of sp³-hybridized carbons (Fsp3) is 0.357. The summed E-state index contributed by atoms with van der Waals surface area (Å²) in [7, 11) is 0. The maximum atomic E-state index is 10.7. The molecule has 1 N–H and O–H groups in total. The second-order valence-corrected chi connectivity index (χ2v) is 4.23. The highest BCUT2D eigenvalue weighted by atomic mass is 16.4. The van der Waals surface area contributed by atoms with Gasteiger partial charge in [-0.25, -0.2) is 0 Å². The molecule has 0 aliphatic carbocycles. The molecule has 0 atom stereocenters. The second kappa shape index (κ2) is 6.86. The van der Waals surface area contributed by atoms with Gasteiger partial charge in [-0.3, -0.25) is 9.69 Å². The van der Waals surface area contributed by atoms with E-state index in [0.717, 1.165) is 5.56 Å². The van der Waals surface area contributed by atoms with Crippen molar-refractivity contribution in [1.82, 2.24) is 4.90 Å². The SMILES string of the molecule is CC(C)N(C/C=C/c1ccccc1)CC(=O)O. The molecule has 92 valence electrons. The highest BCUT2D eigenvalue weighted by molar-refractivity contribution is 5.69. The Morgan fingerprint density at radius 2 is 2.00 bits per heavy atom. The molecule has 0 bridgehead atoms. The predicted molar refractivity (Wildman–Crippen MR) is 69.8 cm³/mol. The molecule has 3 nitrogen and oxygen atoms in total. The van der Waals surface area contributed by atoms with E-state index >= 15 is 0 Å². The molecule has 0 amide bonds. The second-order valence-electron chi connectivity index (χ2n) is 4.23. The number of rotatable bonds is 6. The van der Waals surface area contributed by atoms with Crippen LogP contribution in [0, 0.1) is 0 Å². The summed E-state index contributed by atoms with van der Waals surface area (Å²) in [5, 5.41) is 8.78. The van der Waals surface area contributed by atoms with Gasteiger partial charge in [0.05, 0.1) is 6.54 Å². The van der Waals surface area contributed by atoms with Crippen LogP contribution in [0.25, 0.3) is 6.08 Å². The van der Waals surface area contributed by atoms with E-state index in [1.54, 1.807) is 0 Å². The van der Waals surface area contributed by atoms with Gasteiger partial charge in [-0.15, -0.1) is 0 Å². The number of hydrogen-bond acceptors (Lipinski definition) is 2. The maximum Gasteiger partial charge on any atom is 0.317 e. The molecule has 0 aromatic heterocycles. The Morgan fingerprint density at radius 3 is 2.53 bits per heavy atom. The zero-order chi connectivity index (χ0) is 12.7. The van der Waals surface area contributed by atoms with Crippen LogP contribution in [-0.4, -0.2) is 35.1 Å². The quantitative estimate of drug-likeness (QED) is 0.820. The molecule has 0 saturated carbocycles. The number of carboxylic acid groups (broad SMARTS) is 1. The zero-order valence-electron chi connectivity index (χ0n) is 10.3. The van der Waals surface area contributed by atoms with E-state index in [9.17, 15) is 4.79 Å². The molecule has 0 aliphatic heterocycles. The summed E-state index contributed by atoms with van der Waals surface area (Å²) < 4.78 is 0. The third-order valence-electron chi connectivity index (χ3n) is 2.52. The van der Waals surface area contributed by atoms with Gasteiger partial charge in [0.25, 0.3) is 0 Å². The number of benzene rings is 1. The Balaban J connectivity index is 2.52. The van der Waals surface area contributed by atoms with Crippen molar-refractivity contribution in [2.75, 3.05) is 13.1 Å². The van der Waals surface area contributed by atoms with Crippen LogP contribution < -0.4 is 0 Å². The molecule has 0 saturated heterocycles. The first-order chi connectivity index (χ1) is 8.09. The molecule has 0 unspecified atom stereocenters. The lowest BCUT2D eigenvalue weighted by molar-refractivity contribution is -0.138. The molecule has 0 heterocycles. The van der Waals surface area contributed by atoms with Crippen LogP contribution >= 0.6 is 0 Å². The molecular formula is C14H19NO2. The van der Waals surface area contributed by atoms with Crippen molar-refractivity contribution in [3.8, 4) is 0 Å². The standard InChI is InChI=1S/C14H19NO2/c1-12(2)15(11-14(16)17)10-6-9-13-7-4-3-5-8-13/h3-9,12H,10-11H2,1-2H3,(H,16,17)/b9-6+. The van der Waals surface area contributed by atoms with Gasteiger partial charge in [0.15, 0.2) is 0 Å². The van der Waals surface area contributed by atoms with Gasteiger partial charge in [0.2, 0.25) is 0 Å². The van der Waals surface area contributed by atoms with Gasteiger partial charge in [-0.2, -0.15) is 0 Å². The van der Waals surface area contributed by atoms with Gasteiger partial charge in [0, 0.05) is 12.6 Å². The van der Waals surface area contributed by atoms with Crippen molar-refractivity contribution in [1.29, 1.82) is 0 Å². The minimum Gasteiger partial charge on any atom is -0.480 e. The number of hydrogen-bond donors (Lipinski definition) is 1. The van der Waals surface area contributed by atoms with Crippen molar-refractivity contribution >= 4 is 12.0 Å². The van der Waals surface area contributed by atoms with Gasteiger partial charge in [-0.05, 0) is 19.4 Å². The smallest absolute Gasteiger partial charge is 0.317 e. The molecule has 1 rings (SSSR count). The van der Waals surface area contributed by atoms with Crippen LogP contribution in [0.4, 0.5) is 0 Å².